The second-order valence-electron chi connectivity index (χ2n) is 4.93. The molecule has 3 rings (SSSR count). The number of hydrogen-bond acceptors (Lipinski definition) is 4. The predicted octanol–water partition coefficient (Wildman–Crippen LogP) is 3.88. The fourth-order valence-electron chi connectivity index (χ4n) is 2.18. The van der Waals surface area contributed by atoms with Gasteiger partial charge >= 0.3 is 0 Å². The number of anilines is 1. The quantitative estimate of drug-likeness (QED) is 0.739. The molecule has 0 atom stereocenters. The van der Waals surface area contributed by atoms with Crippen LogP contribution in [0.25, 0.3) is 11.0 Å². The Morgan fingerprint density at radius 2 is 1.76 bits per heavy atom. The maximum atomic E-state index is 6.03. The lowest BCUT2D eigenvalue weighted by atomic mass is 10.1. The number of nitrogens with two attached hydrogens (primary N) is 1. The van der Waals surface area contributed by atoms with Crippen molar-refractivity contribution < 1.29 is 4.74 Å². The maximum Gasteiger partial charge on any atom is 0.241 e. The minimum Gasteiger partial charge on any atom is -0.435 e. The van der Waals surface area contributed by atoms with E-state index < -0.39 is 0 Å². The lowest BCUT2D eigenvalue weighted by Gasteiger charge is -2.11. The number of ether oxygens (including phenoxy) is 1. The lowest BCUT2D eigenvalue weighted by Crippen LogP contribution is -1.98. The maximum absolute atomic E-state index is 6.03. The Kier molecular flexibility index (Phi) is 3.44. The Morgan fingerprint density at radius 3 is 2.43 bits per heavy atom. The Morgan fingerprint density at radius 1 is 1.05 bits per heavy atom. The first-order valence-electron chi connectivity index (χ1n) is 6.97. The van der Waals surface area contributed by atoms with Crippen LogP contribution in [0.4, 0.5) is 5.69 Å². The second-order valence-corrected chi connectivity index (χ2v) is 4.93. The number of aryl methyl sites for hydroxylation is 2. The molecular weight excluding hydrogens is 262 g/mol. The third kappa shape index (κ3) is 2.65. The van der Waals surface area contributed by atoms with Gasteiger partial charge in [-0.05, 0) is 43.2 Å². The van der Waals surface area contributed by atoms with Crippen molar-refractivity contribution in [2.75, 3.05) is 5.73 Å². The molecule has 106 valence electrons. The molecule has 4 heteroatoms. The summed E-state index contributed by atoms with van der Waals surface area (Å²) in [6.45, 7) is 3.97. The van der Waals surface area contributed by atoms with Gasteiger partial charge in [-0.15, -0.1) is 0 Å². The first-order chi connectivity index (χ1) is 10.2. The number of hydrogen-bond donors (Lipinski definition) is 1. The van der Waals surface area contributed by atoms with Gasteiger partial charge in [-0.25, -0.2) is 9.97 Å². The summed E-state index contributed by atoms with van der Waals surface area (Å²) in [5.41, 5.74) is 10.2. The van der Waals surface area contributed by atoms with E-state index in [2.05, 4.69) is 16.9 Å². The van der Waals surface area contributed by atoms with E-state index in [1.165, 1.54) is 5.56 Å². The fourth-order valence-corrected chi connectivity index (χ4v) is 2.18. The Bertz CT molecular complexity index is 799. The topological polar surface area (TPSA) is 61.0 Å². The number of aromatic nitrogens is 2. The highest BCUT2D eigenvalue weighted by Gasteiger charge is 2.09. The molecule has 0 spiro atoms. The van der Waals surface area contributed by atoms with Crippen LogP contribution in [0.1, 0.15) is 18.2 Å². The van der Waals surface area contributed by atoms with E-state index >= 15 is 0 Å². The number of nitrogen functional groups attached to an aromatic ring is 1. The van der Waals surface area contributed by atoms with Crippen molar-refractivity contribution in [3.8, 4) is 11.6 Å². The predicted molar refractivity (Wildman–Crippen MR) is 84.6 cm³/mol. The Balaban J connectivity index is 1.99. The van der Waals surface area contributed by atoms with Gasteiger partial charge in [-0.2, -0.15) is 0 Å². The van der Waals surface area contributed by atoms with Gasteiger partial charge in [-0.1, -0.05) is 25.1 Å². The third-order valence-electron chi connectivity index (χ3n) is 3.39. The van der Waals surface area contributed by atoms with Crippen LogP contribution in [0, 0.1) is 6.92 Å². The average molecular weight is 279 g/mol. The van der Waals surface area contributed by atoms with Gasteiger partial charge in [0, 0.05) is 0 Å². The minimum absolute atomic E-state index is 0.490. The SMILES string of the molecule is CCc1ccc(Oc2nc3ccccc3nc2C)c(N)c1. The van der Waals surface area contributed by atoms with Crippen molar-refractivity contribution in [2.24, 2.45) is 0 Å². The van der Waals surface area contributed by atoms with Crippen LogP contribution in [-0.4, -0.2) is 9.97 Å². The summed E-state index contributed by atoms with van der Waals surface area (Å²) in [4.78, 5) is 9.02. The molecule has 2 aromatic carbocycles. The molecule has 0 unspecified atom stereocenters. The van der Waals surface area contributed by atoms with Crippen LogP contribution in [0.15, 0.2) is 42.5 Å². The molecule has 0 aliphatic rings. The standard InChI is InChI=1S/C17H17N3O/c1-3-12-8-9-16(13(18)10-12)21-17-11(2)19-14-6-4-5-7-15(14)20-17/h4-10H,3,18H2,1-2H3. The molecule has 1 heterocycles. The number of fused-ring (bicyclic) bond motifs is 1. The summed E-state index contributed by atoms with van der Waals surface area (Å²) in [6.07, 6.45) is 0.944. The molecule has 2 N–H and O–H groups in total. The molecule has 0 aliphatic carbocycles. The van der Waals surface area contributed by atoms with Crippen LogP contribution in [0.3, 0.4) is 0 Å². The third-order valence-corrected chi connectivity index (χ3v) is 3.39. The van der Waals surface area contributed by atoms with Crippen molar-refractivity contribution in [2.45, 2.75) is 20.3 Å². The van der Waals surface area contributed by atoms with Crippen LogP contribution >= 0.6 is 0 Å². The molecule has 0 amide bonds. The largest absolute Gasteiger partial charge is 0.435 e. The molecule has 1 aromatic heterocycles. The second kappa shape index (κ2) is 5.40. The van der Waals surface area contributed by atoms with E-state index in [1.807, 2.05) is 49.4 Å². The zero-order valence-corrected chi connectivity index (χ0v) is 12.1. The average Bonchev–Trinajstić information content (AvgIpc) is 2.49. The normalized spacial score (nSPS) is 10.8. The molecule has 0 saturated carbocycles. The van der Waals surface area contributed by atoms with Gasteiger partial charge in [-0.3, -0.25) is 0 Å². The summed E-state index contributed by atoms with van der Waals surface area (Å²) in [6, 6.07) is 13.5. The van der Waals surface area contributed by atoms with E-state index in [-0.39, 0.29) is 0 Å². The number of benzene rings is 2. The van der Waals surface area contributed by atoms with E-state index in [0.29, 0.717) is 17.3 Å². The van der Waals surface area contributed by atoms with Gasteiger partial charge < -0.3 is 10.5 Å². The van der Waals surface area contributed by atoms with Crippen LogP contribution in [0.5, 0.6) is 11.6 Å². The summed E-state index contributed by atoms with van der Waals surface area (Å²) in [5.74, 6) is 1.10. The van der Waals surface area contributed by atoms with Gasteiger partial charge in [0.05, 0.1) is 16.7 Å². The molecular formula is C17H17N3O. The minimum atomic E-state index is 0.490. The first kappa shape index (κ1) is 13.4. The highest BCUT2D eigenvalue weighted by molar-refractivity contribution is 5.74. The van der Waals surface area contributed by atoms with Crippen LogP contribution in [0.2, 0.25) is 0 Å². The van der Waals surface area contributed by atoms with Crippen molar-refractivity contribution >= 4 is 16.7 Å². The molecule has 4 nitrogen and oxygen atoms in total. The van der Waals surface area contributed by atoms with Crippen molar-refractivity contribution in [1.29, 1.82) is 0 Å². The van der Waals surface area contributed by atoms with Gasteiger partial charge in [0.2, 0.25) is 5.88 Å². The molecule has 0 radical (unpaired) electrons. The summed E-state index contributed by atoms with van der Waals surface area (Å²) in [7, 11) is 0. The molecule has 0 bridgehead atoms. The number of para-hydroxylation sites is 2. The van der Waals surface area contributed by atoms with Crippen LogP contribution in [-0.2, 0) is 6.42 Å². The van der Waals surface area contributed by atoms with E-state index in [1.54, 1.807) is 0 Å². The Hall–Kier alpha value is -2.62. The monoisotopic (exact) mass is 279 g/mol. The van der Waals surface area contributed by atoms with Crippen molar-refractivity contribution in [1.82, 2.24) is 9.97 Å². The number of nitrogens with zero attached hydrogens (tertiary/aromatic N) is 2. The Labute approximate surface area is 123 Å². The molecule has 0 saturated heterocycles. The summed E-state index contributed by atoms with van der Waals surface area (Å²) in [5, 5.41) is 0. The van der Waals surface area contributed by atoms with E-state index in [0.717, 1.165) is 23.1 Å². The molecule has 3 aromatic rings. The number of rotatable bonds is 3. The highest BCUT2D eigenvalue weighted by atomic mass is 16.5. The fraction of sp³-hybridized carbons (Fsp3) is 0.176. The molecule has 0 aliphatic heterocycles. The lowest BCUT2D eigenvalue weighted by molar-refractivity contribution is 0.460. The van der Waals surface area contributed by atoms with Crippen LogP contribution < -0.4 is 10.5 Å². The van der Waals surface area contributed by atoms with E-state index in [9.17, 15) is 0 Å². The van der Waals surface area contributed by atoms with Crippen molar-refractivity contribution in [3.05, 3.63) is 53.7 Å². The molecule has 21 heavy (non-hydrogen) atoms. The van der Waals surface area contributed by atoms with Gasteiger partial charge in [0.15, 0.2) is 5.75 Å². The smallest absolute Gasteiger partial charge is 0.241 e. The zero-order valence-electron chi connectivity index (χ0n) is 12.1. The first-order valence-corrected chi connectivity index (χ1v) is 6.97. The summed E-state index contributed by atoms with van der Waals surface area (Å²) >= 11 is 0. The highest BCUT2D eigenvalue weighted by Crippen LogP contribution is 2.29. The van der Waals surface area contributed by atoms with Gasteiger partial charge in [0.1, 0.15) is 5.69 Å². The molecule has 0 fully saturated rings. The van der Waals surface area contributed by atoms with Crippen molar-refractivity contribution in [3.63, 3.8) is 0 Å². The van der Waals surface area contributed by atoms with E-state index in [4.69, 9.17) is 10.5 Å². The summed E-state index contributed by atoms with van der Waals surface area (Å²) < 4.78 is 5.85. The van der Waals surface area contributed by atoms with Gasteiger partial charge in [0.25, 0.3) is 0 Å². The zero-order chi connectivity index (χ0) is 14.8.